The lowest BCUT2D eigenvalue weighted by atomic mass is 9.83. The van der Waals surface area contributed by atoms with Crippen LogP contribution in [-0.4, -0.2) is 24.1 Å². The molecule has 2 aliphatic heterocycles. The maximum absolute atomic E-state index is 12.3. The average Bonchev–Trinajstić information content (AvgIpc) is 2.74. The molecule has 1 atom stereocenters. The van der Waals surface area contributed by atoms with Gasteiger partial charge in [0.25, 0.3) is 0 Å². The molecule has 128 valence electrons. The van der Waals surface area contributed by atoms with Crippen molar-refractivity contribution in [2.24, 2.45) is 5.92 Å². The third kappa shape index (κ3) is 3.03. The number of hydrogen-bond acceptors (Lipinski definition) is 4. The summed E-state index contributed by atoms with van der Waals surface area (Å²) in [5.74, 6) is 0.527. The van der Waals surface area contributed by atoms with Crippen LogP contribution in [0.2, 0.25) is 0 Å². The van der Waals surface area contributed by atoms with E-state index in [-0.39, 0.29) is 24.2 Å². The van der Waals surface area contributed by atoms with Crippen LogP contribution in [0.5, 0.6) is 5.75 Å². The van der Waals surface area contributed by atoms with Crippen LogP contribution in [0, 0.1) is 5.92 Å². The summed E-state index contributed by atoms with van der Waals surface area (Å²) < 4.78 is 11.1. The van der Waals surface area contributed by atoms with Crippen molar-refractivity contribution < 1.29 is 19.1 Å². The van der Waals surface area contributed by atoms with Crippen molar-refractivity contribution >= 4 is 11.9 Å². The Hall–Kier alpha value is -2.30. The largest absolute Gasteiger partial charge is 0.493 e. The predicted molar refractivity (Wildman–Crippen MR) is 89.5 cm³/mol. The van der Waals surface area contributed by atoms with E-state index in [1.807, 2.05) is 24.3 Å². The van der Waals surface area contributed by atoms with E-state index in [4.69, 9.17) is 9.47 Å². The number of rotatable bonds is 4. The lowest BCUT2D eigenvalue weighted by Crippen LogP contribution is -2.38. The summed E-state index contributed by atoms with van der Waals surface area (Å²) in [7, 11) is 0. The highest BCUT2D eigenvalue weighted by atomic mass is 16.6. The summed E-state index contributed by atoms with van der Waals surface area (Å²) in [4.78, 5) is 24.4. The molecule has 1 unspecified atom stereocenters. The van der Waals surface area contributed by atoms with Gasteiger partial charge in [0, 0.05) is 12.3 Å². The van der Waals surface area contributed by atoms with Gasteiger partial charge in [0.05, 0.1) is 17.9 Å². The zero-order chi connectivity index (χ0) is 17.5. The minimum absolute atomic E-state index is 0.0924. The maximum Gasteiger partial charge on any atom is 0.337 e. The Balaban J connectivity index is 1.89. The monoisotopic (exact) mass is 329 g/mol. The summed E-state index contributed by atoms with van der Waals surface area (Å²) in [5, 5.41) is 2.81. The summed E-state index contributed by atoms with van der Waals surface area (Å²) in [6.45, 7) is 8.42. The number of nitrogens with one attached hydrogen (secondary N) is 1. The van der Waals surface area contributed by atoms with Crippen molar-refractivity contribution in [3.63, 3.8) is 0 Å². The lowest BCUT2D eigenvalue weighted by molar-refractivity contribution is -0.144. The van der Waals surface area contributed by atoms with Gasteiger partial charge in [-0.2, -0.15) is 0 Å². The van der Waals surface area contributed by atoms with Gasteiger partial charge < -0.3 is 14.8 Å². The van der Waals surface area contributed by atoms with Gasteiger partial charge in [0.15, 0.2) is 0 Å². The van der Waals surface area contributed by atoms with Gasteiger partial charge in [-0.1, -0.05) is 26.0 Å². The number of amides is 1. The second kappa shape index (κ2) is 5.96. The lowest BCUT2D eigenvalue weighted by Gasteiger charge is -2.27. The number of ether oxygens (including phenoxy) is 2. The van der Waals surface area contributed by atoms with Gasteiger partial charge in [-0.05, 0) is 37.5 Å². The Bertz CT molecular complexity index is 701. The molecule has 0 spiro atoms. The van der Waals surface area contributed by atoms with E-state index >= 15 is 0 Å². The summed E-state index contributed by atoms with van der Waals surface area (Å²) >= 11 is 0. The first-order valence-corrected chi connectivity index (χ1v) is 8.28. The van der Waals surface area contributed by atoms with E-state index in [0.717, 1.165) is 11.3 Å². The fraction of sp³-hybridized carbons (Fsp3) is 0.474. The van der Waals surface area contributed by atoms with Crippen molar-refractivity contribution in [1.82, 2.24) is 5.32 Å². The zero-order valence-corrected chi connectivity index (χ0v) is 14.5. The molecule has 2 heterocycles. The molecule has 0 saturated carbocycles. The standard InChI is InChI=1S/C19H23NO4/c1-11(2)10-23-13-7-5-12(6-8-13)14-9-15(21)20-17-16(14)18(22)24-19(17,3)4/h5-8,11,14H,9-10H2,1-4H3,(H,20,21). The molecule has 5 nitrogen and oxygen atoms in total. The fourth-order valence-corrected chi connectivity index (χ4v) is 3.12. The highest BCUT2D eigenvalue weighted by Crippen LogP contribution is 2.42. The molecule has 0 aliphatic carbocycles. The second-order valence-electron chi connectivity index (χ2n) is 7.27. The SMILES string of the molecule is CC(C)COc1ccc(C2CC(=O)NC3=C2C(=O)OC3(C)C)cc1. The van der Waals surface area contributed by atoms with Gasteiger partial charge >= 0.3 is 5.97 Å². The molecular formula is C19H23NO4. The quantitative estimate of drug-likeness (QED) is 0.863. The highest BCUT2D eigenvalue weighted by Gasteiger charge is 2.47. The van der Waals surface area contributed by atoms with Gasteiger partial charge in [0.2, 0.25) is 5.91 Å². The molecular weight excluding hydrogens is 306 g/mol. The minimum Gasteiger partial charge on any atom is -0.493 e. The van der Waals surface area contributed by atoms with Crippen LogP contribution in [0.1, 0.15) is 45.6 Å². The fourth-order valence-electron chi connectivity index (χ4n) is 3.12. The van der Waals surface area contributed by atoms with E-state index in [9.17, 15) is 9.59 Å². The van der Waals surface area contributed by atoms with Crippen LogP contribution in [0.3, 0.4) is 0 Å². The zero-order valence-electron chi connectivity index (χ0n) is 14.5. The Kier molecular flexibility index (Phi) is 4.11. The third-order valence-corrected chi connectivity index (χ3v) is 4.31. The normalized spacial score (nSPS) is 22.3. The summed E-state index contributed by atoms with van der Waals surface area (Å²) in [6.07, 6.45) is 0.246. The second-order valence-corrected chi connectivity index (χ2v) is 7.27. The molecule has 0 bridgehead atoms. The van der Waals surface area contributed by atoms with Crippen LogP contribution >= 0.6 is 0 Å². The Morgan fingerprint density at radius 1 is 1.25 bits per heavy atom. The number of carbonyl (C=O) groups excluding carboxylic acids is 2. The van der Waals surface area contributed by atoms with Gasteiger partial charge in [0.1, 0.15) is 11.4 Å². The molecule has 5 heteroatoms. The van der Waals surface area contributed by atoms with E-state index in [2.05, 4.69) is 19.2 Å². The summed E-state index contributed by atoms with van der Waals surface area (Å²) in [5.41, 5.74) is 1.29. The van der Waals surface area contributed by atoms with Gasteiger partial charge in [-0.15, -0.1) is 0 Å². The first kappa shape index (κ1) is 16.6. The number of carbonyl (C=O) groups is 2. The number of hydrogen-bond donors (Lipinski definition) is 1. The van der Waals surface area contributed by atoms with Crippen molar-refractivity contribution in [2.45, 2.75) is 45.6 Å². The minimum atomic E-state index is -0.791. The molecule has 3 rings (SSSR count). The van der Waals surface area contributed by atoms with E-state index in [1.54, 1.807) is 13.8 Å². The first-order chi connectivity index (χ1) is 11.3. The highest BCUT2D eigenvalue weighted by molar-refractivity contribution is 5.99. The summed E-state index contributed by atoms with van der Waals surface area (Å²) in [6, 6.07) is 7.61. The molecule has 1 amide bonds. The smallest absolute Gasteiger partial charge is 0.337 e. The van der Waals surface area contributed by atoms with Gasteiger partial charge in [-0.25, -0.2) is 4.79 Å². The van der Waals surface area contributed by atoms with Crippen LogP contribution in [0.4, 0.5) is 0 Å². The van der Waals surface area contributed by atoms with Crippen molar-refractivity contribution in [3.8, 4) is 5.75 Å². The van der Waals surface area contributed by atoms with E-state index in [1.165, 1.54) is 0 Å². The Morgan fingerprint density at radius 2 is 1.92 bits per heavy atom. The van der Waals surface area contributed by atoms with E-state index in [0.29, 0.717) is 23.8 Å². The van der Waals surface area contributed by atoms with Crippen molar-refractivity contribution in [3.05, 3.63) is 41.1 Å². The molecule has 1 aromatic rings. The maximum atomic E-state index is 12.3. The number of cyclic esters (lactones) is 1. The number of benzene rings is 1. The average molecular weight is 329 g/mol. The molecule has 1 aromatic carbocycles. The van der Waals surface area contributed by atoms with Gasteiger partial charge in [-0.3, -0.25) is 4.79 Å². The van der Waals surface area contributed by atoms with Crippen molar-refractivity contribution in [1.29, 1.82) is 0 Å². The van der Waals surface area contributed by atoms with E-state index < -0.39 is 5.60 Å². The number of esters is 1. The molecule has 1 N–H and O–H groups in total. The predicted octanol–water partition coefficient (Wildman–Crippen LogP) is 2.91. The van der Waals surface area contributed by atoms with Crippen LogP contribution in [0.15, 0.2) is 35.5 Å². The first-order valence-electron chi connectivity index (χ1n) is 8.28. The van der Waals surface area contributed by atoms with Crippen molar-refractivity contribution in [2.75, 3.05) is 6.61 Å². The Morgan fingerprint density at radius 3 is 2.54 bits per heavy atom. The molecule has 0 radical (unpaired) electrons. The molecule has 24 heavy (non-hydrogen) atoms. The van der Waals surface area contributed by atoms with Crippen LogP contribution < -0.4 is 10.1 Å². The molecule has 0 saturated heterocycles. The molecule has 0 fully saturated rings. The van der Waals surface area contributed by atoms with Crippen LogP contribution in [-0.2, 0) is 14.3 Å². The molecule has 2 aliphatic rings. The topological polar surface area (TPSA) is 64.6 Å². The third-order valence-electron chi connectivity index (χ3n) is 4.31. The Labute approximate surface area is 142 Å². The molecule has 0 aromatic heterocycles. The van der Waals surface area contributed by atoms with Crippen LogP contribution in [0.25, 0.3) is 0 Å².